The molecule has 1 saturated carbocycles. The van der Waals surface area contributed by atoms with Gasteiger partial charge in [0.2, 0.25) is 5.67 Å². The van der Waals surface area contributed by atoms with E-state index in [1.165, 1.54) is 6.07 Å². The van der Waals surface area contributed by atoms with Crippen molar-refractivity contribution >= 4 is 16.9 Å². The first kappa shape index (κ1) is 28.4. The SMILES string of the molecule is CCOC(=O)C1(F)CCC2(CC1)OCC(C)(C)c1c2c2c(OCc3ccccc3)cccc2n1-c1ccc(F)c(C)c1. The van der Waals surface area contributed by atoms with Crippen molar-refractivity contribution < 1.29 is 27.8 Å². The molecule has 0 atom stereocenters. The van der Waals surface area contributed by atoms with Gasteiger partial charge in [0.05, 0.1) is 24.3 Å². The second-order valence-corrected chi connectivity index (χ2v) is 12.3. The van der Waals surface area contributed by atoms with Crippen molar-refractivity contribution in [3.8, 4) is 11.4 Å². The number of nitrogens with zero attached hydrogens (tertiary/aromatic N) is 1. The Balaban J connectivity index is 1.57. The van der Waals surface area contributed by atoms with Crippen LogP contribution in [-0.2, 0) is 31.9 Å². The predicted octanol–water partition coefficient (Wildman–Crippen LogP) is 8.01. The number of ether oxygens (including phenoxy) is 3. The molecule has 220 valence electrons. The fourth-order valence-corrected chi connectivity index (χ4v) is 6.65. The topological polar surface area (TPSA) is 49.7 Å². The number of aromatic nitrogens is 1. The number of benzene rings is 3. The van der Waals surface area contributed by atoms with Crippen molar-refractivity contribution in [1.29, 1.82) is 0 Å². The Kier molecular flexibility index (Phi) is 7.12. The second kappa shape index (κ2) is 10.5. The van der Waals surface area contributed by atoms with Gasteiger partial charge in [0.15, 0.2) is 0 Å². The highest BCUT2D eigenvalue weighted by atomic mass is 19.1. The summed E-state index contributed by atoms with van der Waals surface area (Å²) in [4.78, 5) is 12.6. The van der Waals surface area contributed by atoms with Crippen LogP contribution in [0.2, 0.25) is 0 Å². The van der Waals surface area contributed by atoms with E-state index in [9.17, 15) is 9.18 Å². The molecule has 1 aliphatic heterocycles. The smallest absolute Gasteiger partial charge is 0.343 e. The van der Waals surface area contributed by atoms with Gasteiger partial charge in [-0.3, -0.25) is 0 Å². The van der Waals surface area contributed by atoms with Crippen LogP contribution in [0.25, 0.3) is 16.6 Å². The number of carbonyl (C=O) groups excluding carboxylic acids is 1. The Morgan fingerprint density at radius 1 is 1.00 bits per heavy atom. The Morgan fingerprint density at radius 2 is 1.74 bits per heavy atom. The number of hydrogen-bond acceptors (Lipinski definition) is 4. The molecule has 2 aliphatic rings. The van der Waals surface area contributed by atoms with E-state index in [-0.39, 0.29) is 25.3 Å². The van der Waals surface area contributed by atoms with Crippen LogP contribution in [0.1, 0.15) is 68.8 Å². The Hall–Kier alpha value is -3.71. The lowest BCUT2D eigenvalue weighted by molar-refractivity contribution is -0.170. The lowest BCUT2D eigenvalue weighted by Crippen LogP contribution is -2.50. The molecule has 1 fully saturated rings. The minimum absolute atomic E-state index is 0.00106. The normalized spacial score (nSPS) is 23.1. The lowest BCUT2D eigenvalue weighted by atomic mass is 9.68. The summed E-state index contributed by atoms with van der Waals surface area (Å²) in [6.45, 7) is 8.65. The first-order valence-corrected chi connectivity index (χ1v) is 14.7. The summed E-state index contributed by atoms with van der Waals surface area (Å²) in [5.41, 5.74) is 2.05. The zero-order valence-electron chi connectivity index (χ0n) is 24.6. The molecule has 0 N–H and O–H groups in total. The summed E-state index contributed by atoms with van der Waals surface area (Å²) in [6.07, 6.45) is 0.641. The fourth-order valence-electron chi connectivity index (χ4n) is 6.65. The van der Waals surface area contributed by atoms with Crippen molar-refractivity contribution in [1.82, 2.24) is 4.57 Å². The maximum Gasteiger partial charge on any atom is 0.343 e. The molecule has 1 aromatic heterocycles. The van der Waals surface area contributed by atoms with E-state index in [0.717, 1.165) is 33.4 Å². The van der Waals surface area contributed by atoms with Crippen LogP contribution in [-0.4, -0.2) is 29.4 Å². The largest absolute Gasteiger partial charge is 0.488 e. The average molecular weight is 574 g/mol. The molecule has 1 spiro atoms. The molecular weight excluding hydrogens is 536 g/mol. The van der Waals surface area contributed by atoms with Gasteiger partial charge in [-0.05, 0) is 81.0 Å². The third kappa shape index (κ3) is 4.68. The second-order valence-electron chi connectivity index (χ2n) is 12.3. The van der Waals surface area contributed by atoms with Crippen LogP contribution in [0.4, 0.5) is 8.78 Å². The summed E-state index contributed by atoms with van der Waals surface area (Å²) >= 11 is 0. The monoisotopic (exact) mass is 573 g/mol. The third-order valence-electron chi connectivity index (χ3n) is 8.89. The zero-order chi connectivity index (χ0) is 29.7. The number of aryl methyl sites for hydroxylation is 1. The number of fused-ring (bicyclic) bond motifs is 4. The summed E-state index contributed by atoms with van der Waals surface area (Å²) in [7, 11) is 0. The predicted molar refractivity (Wildman–Crippen MR) is 158 cm³/mol. The minimum Gasteiger partial charge on any atom is -0.488 e. The number of carbonyl (C=O) groups is 1. The fraction of sp³-hybridized carbons (Fsp3) is 0.400. The highest BCUT2D eigenvalue weighted by Gasteiger charge is 2.55. The van der Waals surface area contributed by atoms with Crippen LogP contribution < -0.4 is 4.74 Å². The van der Waals surface area contributed by atoms with Gasteiger partial charge in [-0.15, -0.1) is 0 Å². The lowest BCUT2D eigenvalue weighted by Gasteiger charge is -2.48. The number of esters is 1. The molecule has 1 aliphatic carbocycles. The van der Waals surface area contributed by atoms with Crippen LogP contribution in [0.15, 0.2) is 66.7 Å². The summed E-state index contributed by atoms with van der Waals surface area (Å²) < 4.78 is 50.8. The van der Waals surface area contributed by atoms with E-state index < -0.39 is 22.7 Å². The Bertz CT molecular complexity index is 1630. The highest BCUT2D eigenvalue weighted by molar-refractivity contribution is 5.94. The van der Waals surface area contributed by atoms with E-state index in [0.29, 0.717) is 37.4 Å². The van der Waals surface area contributed by atoms with Crippen LogP contribution in [0, 0.1) is 12.7 Å². The van der Waals surface area contributed by atoms with Crippen molar-refractivity contribution in [2.45, 2.75) is 76.7 Å². The maximum absolute atomic E-state index is 15.9. The van der Waals surface area contributed by atoms with Gasteiger partial charge < -0.3 is 18.8 Å². The quantitative estimate of drug-likeness (QED) is 0.219. The van der Waals surface area contributed by atoms with Gasteiger partial charge in [-0.25, -0.2) is 13.6 Å². The number of hydrogen-bond donors (Lipinski definition) is 0. The molecule has 6 rings (SSSR count). The van der Waals surface area contributed by atoms with Crippen molar-refractivity contribution in [3.05, 3.63) is 94.9 Å². The van der Waals surface area contributed by atoms with E-state index in [1.807, 2.05) is 54.6 Å². The molecule has 0 amide bonds. The van der Waals surface area contributed by atoms with Gasteiger partial charge in [0.1, 0.15) is 18.2 Å². The Morgan fingerprint density at radius 3 is 2.43 bits per heavy atom. The number of rotatable bonds is 6. The molecule has 0 bridgehead atoms. The van der Waals surface area contributed by atoms with E-state index >= 15 is 4.39 Å². The summed E-state index contributed by atoms with van der Waals surface area (Å²) in [5.74, 6) is -0.360. The standard InChI is InChI=1S/C35H37F2NO4/c1-5-40-32(39)34(37)16-18-35(19-17-34)30-29-27(12-9-13-28(29)41-21-24-10-7-6-8-11-24)38(31(30)33(3,4)22-42-35)25-14-15-26(36)23(2)20-25/h6-15,20H,5,16-19,21-22H2,1-4H3. The van der Waals surface area contributed by atoms with Gasteiger partial charge in [-0.2, -0.15) is 0 Å². The highest BCUT2D eigenvalue weighted by Crippen LogP contribution is 2.56. The number of halogens is 2. The Labute approximate surface area is 245 Å². The van der Waals surface area contributed by atoms with E-state index in [2.05, 4.69) is 18.4 Å². The minimum atomic E-state index is -2.04. The van der Waals surface area contributed by atoms with Crippen molar-refractivity contribution in [2.24, 2.45) is 0 Å². The van der Waals surface area contributed by atoms with Gasteiger partial charge >= 0.3 is 5.97 Å². The summed E-state index contributed by atoms with van der Waals surface area (Å²) in [5, 5.41) is 0.903. The zero-order valence-corrected chi connectivity index (χ0v) is 24.6. The molecule has 42 heavy (non-hydrogen) atoms. The molecule has 3 aromatic carbocycles. The van der Waals surface area contributed by atoms with Crippen molar-refractivity contribution in [3.63, 3.8) is 0 Å². The molecule has 0 saturated heterocycles. The first-order valence-electron chi connectivity index (χ1n) is 14.7. The van der Waals surface area contributed by atoms with E-state index in [1.54, 1.807) is 19.9 Å². The molecule has 2 heterocycles. The molecule has 5 nitrogen and oxygen atoms in total. The van der Waals surface area contributed by atoms with E-state index in [4.69, 9.17) is 14.2 Å². The van der Waals surface area contributed by atoms with Crippen LogP contribution in [0.3, 0.4) is 0 Å². The molecule has 0 unspecified atom stereocenters. The molecule has 7 heteroatoms. The van der Waals surface area contributed by atoms with Crippen molar-refractivity contribution in [2.75, 3.05) is 13.2 Å². The molecule has 4 aromatic rings. The van der Waals surface area contributed by atoms with Gasteiger partial charge in [-0.1, -0.05) is 50.2 Å². The summed E-state index contributed by atoms with van der Waals surface area (Å²) in [6, 6.07) is 21.1. The molecule has 0 radical (unpaired) electrons. The average Bonchev–Trinajstić information content (AvgIpc) is 3.36. The molecular formula is C35H37F2NO4. The van der Waals surface area contributed by atoms with Gasteiger partial charge in [0, 0.05) is 27.7 Å². The van der Waals surface area contributed by atoms with Gasteiger partial charge in [0.25, 0.3) is 0 Å². The van der Waals surface area contributed by atoms with Crippen LogP contribution >= 0.6 is 0 Å². The van der Waals surface area contributed by atoms with Crippen LogP contribution in [0.5, 0.6) is 5.75 Å². The number of alkyl halides is 1. The maximum atomic E-state index is 15.9. The first-order chi connectivity index (χ1) is 20.1. The third-order valence-corrected chi connectivity index (χ3v) is 8.89.